The second kappa shape index (κ2) is 3.80. The third-order valence-corrected chi connectivity index (χ3v) is 2.69. The van der Waals surface area contributed by atoms with Gasteiger partial charge in [-0.25, -0.2) is 0 Å². The standard InChI is InChI=1S/C11H14N2O/c12-11(14)10-7-6-9(13-10)8-4-2-1-3-5-8/h1-5,9-10,13H,6-7H2,(H2,12,14)/t9-,10?/m0/s1. The fourth-order valence-electron chi connectivity index (χ4n) is 1.92. The summed E-state index contributed by atoms with van der Waals surface area (Å²) in [6.45, 7) is 0. The lowest BCUT2D eigenvalue weighted by Crippen LogP contribution is -2.37. The summed E-state index contributed by atoms with van der Waals surface area (Å²) in [6, 6.07) is 10.3. The number of hydrogen-bond donors (Lipinski definition) is 2. The molecule has 3 N–H and O–H groups in total. The molecule has 0 bridgehead atoms. The van der Waals surface area contributed by atoms with Crippen LogP contribution in [0.15, 0.2) is 30.3 Å². The lowest BCUT2D eigenvalue weighted by atomic mass is 10.1. The fourth-order valence-corrected chi connectivity index (χ4v) is 1.92. The van der Waals surface area contributed by atoms with Gasteiger partial charge in [-0.2, -0.15) is 0 Å². The molecule has 1 aliphatic heterocycles. The number of primary amides is 1. The highest BCUT2D eigenvalue weighted by Crippen LogP contribution is 2.25. The quantitative estimate of drug-likeness (QED) is 0.730. The van der Waals surface area contributed by atoms with Crippen molar-refractivity contribution in [2.45, 2.75) is 24.9 Å². The molecule has 3 nitrogen and oxygen atoms in total. The maximum Gasteiger partial charge on any atom is 0.234 e. The van der Waals surface area contributed by atoms with E-state index in [1.54, 1.807) is 0 Å². The smallest absolute Gasteiger partial charge is 0.234 e. The molecule has 1 aromatic carbocycles. The van der Waals surface area contributed by atoms with Gasteiger partial charge in [0.15, 0.2) is 0 Å². The molecular weight excluding hydrogens is 176 g/mol. The number of rotatable bonds is 2. The van der Waals surface area contributed by atoms with Crippen LogP contribution in [0.3, 0.4) is 0 Å². The minimum Gasteiger partial charge on any atom is -0.368 e. The molecule has 2 atom stereocenters. The van der Waals surface area contributed by atoms with E-state index in [-0.39, 0.29) is 18.0 Å². The maximum absolute atomic E-state index is 10.9. The Balaban J connectivity index is 2.06. The van der Waals surface area contributed by atoms with Crippen LogP contribution in [0.25, 0.3) is 0 Å². The zero-order valence-corrected chi connectivity index (χ0v) is 7.94. The molecule has 1 saturated heterocycles. The summed E-state index contributed by atoms with van der Waals surface area (Å²) >= 11 is 0. The maximum atomic E-state index is 10.9. The Kier molecular flexibility index (Phi) is 2.50. The number of nitrogens with two attached hydrogens (primary N) is 1. The summed E-state index contributed by atoms with van der Waals surface area (Å²) in [6.07, 6.45) is 1.83. The number of carbonyl (C=O) groups excluding carboxylic acids is 1. The zero-order valence-electron chi connectivity index (χ0n) is 7.94. The van der Waals surface area contributed by atoms with E-state index < -0.39 is 0 Å². The summed E-state index contributed by atoms with van der Waals surface area (Å²) in [5.74, 6) is -0.247. The van der Waals surface area contributed by atoms with Gasteiger partial charge < -0.3 is 5.73 Å². The molecule has 1 aliphatic rings. The number of nitrogens with one attached hydrogen (secondary N) is 1. The van der Waals surface area contributed by atoms with Crippen LogP contribution in [-0.4, -0.2) is 11.9 Å². The zero-order chi connectivity index (χ0) is 9.97. The third kappa shape index (κ3) is 1.77. The van der Waals surface area contributed by atoms with E-state index >= 15 is 0 Å². The van der Waals surface area contributed by atoms with Crippen molar-refractivity contribution in [3.05, 3.63) is 35.9 Å². The van der Waals surface area contributed by atoms with E-state index in [1.165, 1.54) is 5.56 Å². The van der Waals surface area contributed by atoms with Crippen molar-refractivity contribution < 1.29 is 4.79 Å². The van der Waals surface area contributed by atoms with Gasteiger partial charge in [-0.05, 0) is 18.4 Å². The molecule has 3 heteroatoms. The highest BCUT2D eigenvalue weighted by Gasteiger charge is 2.27. The van der Waals surface area contributed by atoms with Crippen molar-refractivity contribution >= 4 is 5.91 Å². The molecule has 0 radical (unpaired) electrons. The Labute approximate surface area is 83.3 Å². The first-order valence-electron chi connectivity index (χ1n) is 4.87. The second-order valence-corrected chi connectivity index (χ2v) is 3.66. The lowest BCUT2D eigenvalue weighted by molar-refractivity contribution is -0.119. The van der Waals surface area contributed by atoms with Crippen LogP contribution in [0.4, 0.5) is 0 Å². The molecule has 14 heavy (non-hydrogen) atoms. The van der Waals surface area contributed by atoms with Gasteiger partial charge in [0.2, 0.25) is 5.91 Å². The first kappa shape index (κ1) is 9.21. The predicted molar refractivity (Wildman–Crippen MR) is 54.5 cm³/mol. The van der Waals surface area contributed by atoms with E-state index in [4.69, 9.17) is 5.73 Å². The van der Waals surface area contributed by atoms with E-state index in [9.17, 15) is 4.79 Å². The minimum atomic E-state index is -0.247. The van der Waals surface area contributed by atoms with Crippen LogP contribution < -0.4 is 11.1 Å². The van der Waals surface area contributed by atoms with Crippen molar-refractivity contribution in [1.82, 2.24) is 5.32 Å². The monoisotopic (exact) mass is 190 g/mol. The van der Waals surface area contributed by atoms with Gasteiger partial charge in [-0.1, -0.05) is 30.3 Å². The van der Waals surface area contributed by atoms with Crippen LogP contribution in [0.5, 0.6) is 0 Å². The molecule has 0 spiro atoms. The van der Waals surface area contributed by atoms with Gasteiger partial charge in [0.25, 0.3) is 0 Å². The van der Waals surface area contributed by atoms with Gasteiger partial charge in [0.05, 0.1) is 6.04 Å². The Hall–Kier alpha value is -1.35. The first-order valence-corrected chi connectivity index (χ1v) is 4.87. The third-order valence-electron chi connectivity index (χ3n) is 2.69. The Morgan fingerprint density at radius 3 is 2.57 bits per heavy atom. The predicted octanol–water partition coefficient (Wildman–Crippen LogP) is 0.965. The summed E-state index contributed by atoms with van der Waals surface area (Å²) < 4.78 is 0. The number of benzene rings is 1. The van der Waals surface area contributed by atoms with Crippen LogP contribution in [0.1, 0.15) is 24.4 Å². The van der Waals surface area contributed by atoms with E-state index in [1.807, 2.05) is 18.2 Å². The molecule has 2 rings (SSSR count). The lowest BCUT2D eigenvalue weighted by Gasteiger charge is -2.12. The van der Waals surface area contributed by atoms with Gasteiger partial charge in [0, 0.05) is 6.04 Å². The Morgan fingerprint density at radius 2 is 2.00 bits per heavy atom. The molecule has 1 unspecified atom stereocenters. The molecule has 1 heterocycles. The summed E-state index contributed by atoms with van der Waals surface area (Å²) in [5, 5.41) is 3.23. The molecule has 1 amide bonds. The van der Waals surface area contributed by atoms with E-state index in [0.717, 1.165) is 12.8 Å². The summed E-state index contributed by atoms with van der Waals surface area (Å²) in [5.41, 5.74) is 6.47. The number of hydrogen-bond acceptors (Lipinski definition) is 2. The molecule has 0 aromatic heterocycles. The Bertz CT molecular complexity index is 323. The molecule has 1 fully saturated rings. The largest absolute Gasteiger partial charge is 0.368 e. The Morgan fingerprint density at radius 1 is 1.29 bits per heavy atom. The van der Waals surface area contributed by atoms with Crippen molar-refractivity contribution in [3.8, 4) is 0 Å². The fraction of sp³-hybridized carbons (Fsp3) is 0.364. The SMILES string of the molecule is NC(=O)C1CC[C@@H](c2ccccc2)N1. The summed E-state index contributed by atoms with van der Waals surface area (Å²) in [4.78, 5) is 10.9. The summed E-state index contributed by atoms with van der Waals surface area (Å²) in [7, 11) is 0. The highest BCUT2D eigenvalue weighted by atomic mass is 16.1. The van der Waals surface area contributed by atoms with E-state index in [0.29, 0.717) is 0 Å². The molecule has 0 saturated carbocycles. The second-order valence-electron chi connectivity index (χ2n) is 3.66. The van der Waals surface area contributed by atoms with Gasteiger partial charge in [-0.3, -0.25) is 10.1 Å². The normalized spacial score (nSPS) is 26.3. The van der Waals surface area contributed by atoms with Gasteiger partial charge in [0.1, 0.15) is 0 Å². The van der Waals surface area contributed by atoms with Crippen molar-refractivity contribution in [2.24, 2.45) is 5.73 Å². The topological polar surface area (TPSA) is 55.1 Å². The average Bonchev–Trinajstić information content (AvgIpc) is 2.68. The van der Waals surface area contributed by atoms with E-state index in [2.05, 4.69) is 17.4 Å². The van der Waals surface area contributed by atoms with Crippen molar-refractivity contribution in [2.75, 3.05) is 0 Å². The van der Waals surface area contributed by atoms with Crippen LogP contribution >= 0.6 is 0 Å². The molecule has 74 valence electrons. The number of amides is 1. The van der Waals surface area contributed by atoms with Crippen LogP contribution in [0, 0.1) is 0 Å². The number of carbonyl (C=O) groups is 1. The van der Waals surface area contributed by atoms with Crippen LogP contribution in [0.2, 0.25) is 0 Å². The molecule has 0 aliphatic carbocycles. The van der Waals surface area contributed by atoms with Crippen LogP contribution in [-0.2, 0) is 4.79 Å². The van der Waals surface area contributed by atoms with Crippen molar-refractivity contribution in [3.63, 3.8) is 0 Å². The first-order chi connectivity index (χ1) is 6.77. The minimum absolute atomic E-state index is 0.153. The molecule has 1 aromatic rings. The molecular formula is C11H14N2O. The highest BCUT2D eigenvalue weighted by molar-refractivity contribution is 5.80. The van der Waals surface area contributed by atoms with Gasteiger partial charge >= 0.3 is 0 Å². The van der Waals surface area contributed by atoms with Crippen molar-refractivity contribution in [1.29, 1.82) is 0 Å². The van der Waals surface area contributed by atoms with Gasteiger partial charge in [-0.15, -0.1) is 0 Å². The average molecular weight is 190 g/mol.